The number of hydrogen-bond donors (Lipinski definition) is 1. The highest BCUT2D eigenvalue weighted by molar-refractivity contribution is 7.09. The van der Waals surface area contributed by atoms with E-state index in [1.54, 1.807) is 11.3 Å². The van der Waals surface area contributed by atoms with Crippen molar-refractivity contribution < 1.29 is 0 Å². The largest absolute Gasteiger partial charge is 0.368 e. The topological polar surface area (TPSA) is 28.2 Å². The van der Waals surface area contributed by atoms with Crippen molar-refractivity contribution in [3.63, 3.8) is 0 Å². The summed E-state index contributed by atoms with van der Waals surface area (Å²) in [5.41, 5.74) is 3.39. The zero-order valence-corrected chi connectivity index (χ0v) is 14.6. The van der Waals surface area contributed by atoms with Crippen molar-refractivity contribution in [1.29, 1.82) is 0 Å². The first-order chi connectivity index (χ1) is 9.97. The first-order valence-corrected chi connectivity index (χ1v) is 8.36. The fourth-order valence-corrected chi connectivity index (χ4v) is 3.04. The van der Waals surface area contributed by atoms with Crippen molar-refractivity contribution >= 4 is 28.6 Å². The molecule has 5 heteroatoms. The Balaban J connectivity index is 2.19. The molecule has 1 heterocycles. The Morgan fingerprint density at radius 2 is 2.14 bits per heavy atom. The highest BCUT2D eigenvalue weighted by Crippen LogP contribution is 2.28. The summed E-state index contributed by atoms with van der Waals surface area (Å²) in [5.74, 6) is 0. The Kier molecular flexibility index (Phi) is 5.62. The predicted octanol–water partition coefficient (Wildman–Crippen LogP) is 4.24. The normalized spacial score (nSPS) is 11.1. The SMILES string of the molecule is Cc1nc(CN(C)c2cccc(Cl)c2CNC(C)C)cs1. The van der Waals surface area contributed by atoms with Crippen LogP contribution in [0, 0.1) is 6.92 Å². The summed E-state index contributed by atoms with van der Waals surface area (Å²) in [6, 6.07) is 6.49. The molecule has 21 heavy (non-hydrogen) atoms. The molecule has 0 saturated carbocycles. The van der Waals surface area contributed by atoms with E-state index < -0.39 is 0 Å². The van der Waals surface area contributed by atoms with E-state index in [9.17, 15) is 0 Å². The van der Waals surface area contributed by atoms with Crippen LogP contribution in [0.15, 0.2) is 23.6 Å². The first-order valence-electron chi connectivity index (χ1n) is 7.10. The number of benzene rings is 1. The van der Waals surface area contributed by atoms with Crippen LogP contribution in [-0.4, -0.2) is 18.1 Å². The summed E-state index contributed by atoms with van der Waals surface area (Å²) in [6.45, 7) is 7.87. The van der Waals surface area contributed by atoms with Gasteiger partial charge in [0.05, 0.1) is 17.2 Å². The Bertz CT molecular complexity index is 595. The molecule has 0 saturated heterocycles. The number of halogens is 1. The predicted molar refractivity (Wildman–Crippen MR) is 92.4 cm³/mol. The average Bonchev–Trinajstić information content (AvgIpc) is 2.82. The average molecular weight is 324 g/mol. The minimum absolute atomic E-state index is 0.431. The monoisotopic (exact) mass is 323 g/mol. The van der Waals surface area contributed by atoms with E-state index in [2.05, 4.69) is 47.5 Å². The molecule has 0 amide bonds. The number of nitrogens with zero attached hydrogens (tertiary/aromatic N) is 2. The Labute approximate surface area is 136 Å². The zero-order chi connectivity index (χ0) is 15.4. The van der Waals surface area contributed by atoms with Crippen LogP contribution < -0.4 is 10.2 Å². The van der Waals surface area contributed by atoms with Crippen molar-refractivity contribution in [2.24, 2.45) is 0 Å². The van der Waals surface area contributed by atoms with Crippen LogP contribution in [0.3, 0.4) is 0 Å². The quantitative estimate of drug-likeness (QED) is 0.861. The molecule has 0 aliphatic heterocycles. The maximum Gasteiger partial charge on any atom is 0.0898 e. The molecule has 0 aliphatic rings. The number of nitrogens with one attached hydrogen (secondary N) is 1. The molecule has 2 aromatic rings. The van der Waals surface area contributed by atoms with Gasteiger partial charge in [-0.25, -0.2) is 4.98 Å². The molecule has 0 fully saturated rings. The van der Waals surface area contributed by atoms with Crippen LogP contribution in [0.4, 0.5) is 5.69 Å². The maximum absolute atomic E-state index is 6.38. The molecule has 0 aliphatic carbocycles. The second-order valence-corrected chi connectivity index (χ2v) is 6.96. The minimum atomic E-state index is 0.431. The van der Waals surface area contributed by atoms with Gasteiger partial charge in [0.1, 0.15) is 0 Å². The van der Waals surface area contributed by atoms with Crippen LogP contribution >= 0.6 is 22.9 Å². The summed E-state index contributed by atoms with van der Waals surface area (Å²) in [5, 5.41) is 7.47. The van der Waals surface area contributed by atoms with Gasteiger partial charge in [-0.1, -0.05) is 31.5 Å². The van der Waals surface area contributed by atoms with Crippen LogP contribution in [0.1, 0.15) is 30.1 Å². The number of aryl methyl sites for hydroxylation is 1. The lowest BCUT2D eigenvalue weighted by Crippen LogP contribution is -2.25. The first kappa shape index (κ1) is 16.3. The van der Waals surface area contributed by atoms with Gasteiger partial charge in [0.2, 0.25) is 0 Å². The summed E-state index contributed by atoms with van der Waals surface area (Å²) in [7, 11) is 2.08. The summed E-state index contributed by atoms with van der Waals surface area (Å²) >= 11 is 8.07. The summed E-state index contributed by atoms with van der Waals surface area (Å²) in [4.78, 5) is 6.74. The van der Waals surface area contributed by atoms with Crippen molar-refractivity contribution in [3.05, 3.63) is 44.9 Å². The van der Waals surface area contributed by atoms with Gasteiger partial charge in [-0.05, 0) is 19.1 Å². The van der Waals surface area contributed by atoms with Crippen LogP contribution in [-0.2, 0) is 13.1 Å². The second kappa shape index (κ2) is 7.25. The zero-order valence-electron chi connectivity index (χ0n) is 13.0. The van der Waals surface area contributed by atoms with Gasteiger partial charge < -0.3 is 10.2 Å². The summed E-state index contributed by atoms with van der Waals surface area (Å²) < 4.78 is 0. The lowest BCUT2D eigenvalue weighted by Gasteiger charge is -2.23. The molecule has 0 bridgehead atoms. The molecular formula is C16H22ClN3S. The molecule has 3 nitrogen and oxygen atoms in total. The minimum Gasteiger partial charge on any atom is -0.368 e. The molecule has 2 rings (SSSR count). The molecule has 0 radical (unpaired) electrons. The molecule has 0 spiro atoms. The van der Waals surface area contributed by atoms with E-state index in [4.69, 9.17) is 11.6 Å². The lowest BCUT2D eigenvalue weighted by atomic mass is 10.1. The van der Waals surface area contributed by atoms with E-state index in [0.29, 0.717) is 6.04 Å². The third-order valence-electron chi connectivity index (χ3n) is 3.26. The number of hydrogen-bond acceptors (Lipinski definition) is 4. The Morgan fingerprint density at radius 3 is 2.76 bits per heavy atom. The van der Waals surface area contributed by atoms with Crippen molar-refractivity contribution in [1.82, 2.24) is 10.3 Å². The lowest BCUT2D eigenvalue weighted by molar-refractivity contribution is 0.588. The number of aromatic nitrogens is 1. The van der Waals surface area contributed by atoms with E-state index in [0.717, 1.165) is 40.1 Å². The fraction of sp³-hybridized carbons (Fsp3) is 0.438. The van der Waals surface area contributed by atoms with E-state index in [1.165, 1.54) is 0 Å². The smallest absolute Gasteiger partial charge is 0.0898 e. The second-order valence-electron chi connectivity index (χ2n) is 5.49. The molecule has 0 unspecified atom stereocenters. The van der Waals surface area contributed by atoms with E-state index in [1.807, 2.05) is 19.1 Å². The fourth-order valence-electron chi connectivity index (χ4n) is 2.20. The van der Waals surface area contributed by atoms with Gasteiger partial charge in [0, 0.05) is 41.3 Å². The van der Waals surface area contributed by atoms with E-state index in [-0.39, 0.29) is 0 Å². The van der Waals surface area contributed by atoms with Gasteiger partial charge >= 0.3 is 0 Å². The van der Waals surface area contributed by atoms with Crippen molar-refractivity contribution in [2.75, 3.05) is 11.9 Å². The Morgan fingerprint density at radius 1 is 1.38 bits per heavy atom. The molecule has 0 atom stereocenters. The van der Waals surface area contributed by atoms with Gasteiger partial charge in [0.25, 0.3) is 0 Å². The molecule has 114 valence electrons. The Hall–Kier alpha value is -1.10. The van der Waals surface area contributed by atoms with Gasteiger partial charge in [-0.3, -0.25) is 0 Å². The van der Waals surface area contributed by atoms with E-state index >= 15 is 0 Å². The third-order valence-corrected chi connectivity index (χ3v) is 4.43. The number of thiazole rings is 1. The number of anilines is 1. The molecule has 1 aromatic heterocycles. The summed E-state index contributed by atoms with van der Waals surface area (Å²) in [6.07, 6.45) is 0. The van der Waals surface area contributed by atoms with Crippen LogP contribution in [0.5, 0.6) is 0 Å². The van der Waals surface area contributed by atoms with Crippen molar-refractivity contribution in [2.45, 2.75) is 39.9 Å². The standard InChI is InChI=1S/C16H22ClN3S/c1-11(2)18-8-14-15(17)6-5-7-16(14)20(4)9-13-10-21-12(3)19-13/h5-7,10-11,18H,8-9H2,1-4H3. The third kappa shape index (κ3) is 4.43. The highest BCUT2D eigenvalue weighted by atomic mass is 35.5. The number of rotatable bonds is 6. The van der Waals surface area contributed by atoms with Crippen molar-refractivity contribution in [3.8, 4) is 0 Å². The molecule has 1 N–H and O–H groups in total. The van der Waals surface area contributed by atoms with Crippen LogP contribution in [0.2, 0.25) is 5.02 Å². The molecular weight excluding hydrogens is 302 g/mol. The van der Waals surface area contributed by atoms with Gasteiger partial charge in [-0.2, -0.15) is 0 Å². The highest BCUT2D eigenvalue weighted by Gasteiger charge is 2.12. The van der Waals surface area contributed by atoms with Gasteiger partial charge in [0.15, 0.2) is 0 Å². The van der Waals surface area contributed by atoms with Gasteiger partial charge in [-0.15, -0.1) is 11.3 Å². The molecule has 1 aromatic carbocycles. The van der Waals surface area contributed by atoms with Crippen LogP contribution in [0.25, 0.3) is 0 Å². The maximum atomic E-state index is 6.38.